The van der Waals surface area contributed by atoms with Crippen molar-refractivity contribution in [3.63, 3.8) is 0 Å². The largest absolute Gasteiger partial charge is 0.478 e. The molecule has 4 heteroatoms. The fraction of sp³-hybridized carbons (Fsp3) is 0. The molecule has 0 aliphatic heterocycles. The van der Waals surface area contributed by atoms with E-state index >= 15 is 0 Å². The molecule has 0 saturated carbocycles. The SMILES string of the molecule is O=Cc1ccnc2ccc(C(=O)O)cc12. The average molecular weight is 201 g/mol. The Balaban J connectivity index is 2.78. The van der Waals surface area contributed by atoms with Crippen LogP contribution >= 0.6 is 0 Å². The van der Waals surface area contributed by atoms with Gasteiger partial charge in [-0.05, 0) is 24.3 Å². The lowest BCUT2D eigenvalue weighted by atomic mass is 10.1. The molecule has 0 atom stereocenters. The summed E-state index contributed by atoms with van der Waals surface area (Å²) in [5.74, 6) is -1.02. The fourth-order valence-corrected chi connectivity index (χ4v) is 1.40. The molecule has 0 amide bonds. The van der Waals surface area contributed by atoms with Crippen LogP contribution in [0.1, 0.15) is 20.7 Å². The summed E-state index contributed by atoms with van der Waals surface area (Å²) < 4.78 is 0. The number of rotatable bonds is 2. The lowest BCUT2D eigenvalue weighted by molar-refractivity contribution is 0.0697. The molecular weight excluding hydrogens is 194 g/mol. The number of carbonyl (C=O) groups excluding carboxylic acids is 1. The standard InChI is InChI=1S/C11H7NO3/c13-6-8-3-4-12-10-2-1-7(11(14)15)5-9(8)10/h1-6H,(H,14,15). The Morgan fingerprint density at radius 2 is 2.13 bits per heavy atom. The van der Waals surface area contributed by atoms with Crippen LogP contribution < -0.4 is 0 Å². The van der Waals surface area contributed by atoms with Crippen molar-refractivity contribution in [2.45, 2.75) is 0 Å². The summed E-state index contributed by atoms with van der Waals surface area (Å²) in [6.07, 6.45) is 2.21. The number of fused-ring (bicyclic) bond motifs is 1. The summed E-state index contributed by atoms with van der Waals surface area (Å²) >= 11 is 0. The van der Waals surface area contributed by atoms with Gasteiger partial charge in [0.05, 0.1) is 11.1 Å². The van der Waals surface area contributed by atoms with E-state index in [0.29, 0.717) is 22.8 Å². The highest BCUT2D eigenvalue weighted by Gasteiger charge is 2.06. The van der Waals surface area contributed by atoms with Gasteiger partial charge < -0.3 is 5.11 Å². The lowest BCUT2D eigenvalue weighted by Crippen LogP contribution is -1.96. The van der Waals surface area contributed by atoms with Gasteiger partial charge in [-0.1, -0.05) is 0 Å². The normalized spacial score (nSPS) is 10.1. The van der Waals surface area contributed by atoms with Crippen LogP contribution in [0.25, 0.3) is 10.9 Å². The monoisotopic (exact) mass is 201 g/mol. The van der Waals surface area contributed by atoms with Gasteiger partial charge in [-0.3, -0.25) is 9.78 Å². The van der Waals surface area contributed by atoms with E-state index in [1.807, 2.05) is 0 Å². The molecule has 0 bridgehead atoms. The molecule has 0 saturated heterocycles. The molecule has 0 aliphatic carbocycles. The third kappa shape index (κ3) is 1.57. The highest BCUT2D eigenvalue weighted by molar-refractivity contribution is 6.00. The van der Waals surface area contributed by atoms with Gasteiger partial charge in [-0.2, -0.15) is 0 Å². The van der Waals surface area contributed by atoms with Crippen LogP contribution in [-0.4, -0.2) is 22.3 Å². The van der Waals surface area contributed by atoms with Crippen molar-refractivity contribution in [2.24, 2.45) is 0 Å². The maximum atomic E-state index is 10.7. The van der Waals surface area contributed by atoms with Crippen LogP contribution in [0.2, 0.25) is 0 Å². The lowest BCUT2D eigenvalue weighted by Gasteiger charge is -2.01. The topological polar surface area (TPSA) is 67.3 Å². The summed E-state index contributed by atoms with van der Waals surface area (Å²) in [5, 5.41) is 9.36. The molecule has 0 spiro atoms. The van der Waals surface area contributed by atoms with E-state index in [0.717, 1.165) is 0 Å². The van der Waals surface area contributed by atoms with Crippen LogP contribution in [0.15, 0.2) is 30.5 Å². The number of nitrogens with zero attached hydrogens (tertiary/aromatic N) is 1. The number of carboxylic acid groups (broad SMARTS) is 1. The Morgan fingerprint density at radius 1 is 1.33 bits per heavy atom. The number of hydrogen-bond acceptors (Lipinski definition) is 3. The predicted octanol–water partition coefficient (Wildman–Crippen LogP) is 1.75. The van der Waals surface area contributed by atoms with Gasteiger partial charge in [-0.25, -0.2) is 4.79 Å². The van der Waals surface area contributed by atoms with Gasteiger partial charge in [0.1, 0.15) is 0 Å². The summed E-state index contributed by atoms with van der Waals surface area (Å²) in [5.41, 5.74) is 1.21. The average Bonchev–Trinajstić information content (AvgIpc) is 2.27. The van der Waals surface area contributed by atoms with E-state index in [1.54, 1.807) is 12.1 Å². The van der Waals surface area contributed by atoms with E-state index in [-0.39, 0.29) is 5.56 Å². The van der Waals surface area contributed by atoms with Gasteiger partial charge >= 0.3 is 5.97 Å². The van der Waals surface area contributed by atoms with Crippen molar-refractivity contribution >= 4 is 23.2 Å². The second kappa shape index (κ2) is 3.49. The minimum atomic E-state index is -1.02. The molecule has 1 N–H and O–H groups in total. The zero-order chi connectivity index (χ0) is 10.8. The fourth-order valence-electron chi connectivity index (χ4n) is 1.40. The van der Waals surface area contributed by atoms with Gasteiger partial charge in [0, 0.05) is 17.1 Å². The van der Waals surface area contributed by atoms with E-state index in [1.165, 1.54) is 18.3 Å². The second-order valence-electron chi connectivity index (χ2n) is 3.06. The van der Waals surface area contributed by atoms with Crippen LogP contribution in [0, 0.1) is 0 Å². The van der Waals surface area contributed by atoms with Gasteiger partial charge in [0.2, 0.25) is 0 Å². The summed E-state index contributed by atoms with van der Waals surface area (Å²) in [6, 6.07) is 6.06. The van der Waals surface area contributed by atoms with Crippen LogP contribution in [0.4, 0.5) is 0 Å². The molecule has 1 aromatic heterocycles. The molecule has 74 valence electrons. The van der Waals surface area contributed by atoms with Crippen molar-refractivity contribution in [3.8, 4) is 0 Å². The number of aromatic carboxylic acids is 1. The Bertz CT molecular complexity index is 549. The zero-order valence-corrected chi connectivity index (χ0v) is 7.68. The molecule has 1 aromatic carbocycles. The molecule has 0 fully saturated rings. The van der Waals surface area contributed by atoms with Crippen LogP contribution in [0.3, 0.4) is 0 Å². The van der Waals surface area contributed by atoms with Crippen molar-refractivity contribution in [2.75, 3.05) is 0 Å². The van der Waals surface area contributed by atoms with Gasteiger partial charge in [-0.15, -0.1) is 0 Å². The number of carboxylic acids is 1. The number of carbonyl (C=O) groups is 2. The van der Waals surface area contributed by atoms with Gasteiger partial charge in [0.15, 0.2) is 6.29 Å². The zero-order valence-electron chi connectivity index (χ0n) is 7.68. The second-order valence-corrected chi connectivity index (χ2v) is 3.06. The molecule has 0 aliphatic rings. The van der Waals surface area contributed by atoms with E-state index < -0.39 is 5.97 Å². The molecule has 4 nitrogen and oxygen atoms in total. The molecule has 1 heterocycles. The van der Waals surface area contributed by atoms with Crippen LogP contribution in [0.5, 0.6) is 0 Å². The summed E-state index contributed by atoms with van der Waals surface area (Å²) in [4.78, 5) is 25.5. The number of pyridine rings is 1. The third-order valence-electron chi connectivity index (χ3n) is 2.15. The van der Waals surface area contributed by atoms with Crippen molar-refractivity contribution in [1.29, 1.82) is 0 Å². The molecule has 2 rings (SSSR count). The third-order valence-corrected chi connectivity index (χ3v) is 2.15. The molecule has 15 heavy (non-hydrogen) atoms. The number of hydrogen-bond donors (Lipinski definition) is 1. The van der Waals surface area contributed by atoms with Crippen LogP contribution in [-0.2, 0) is 0 Å². The smallest absolute Gasteiger partial charge is 0.335 e. The molecule has 0 unspecified atom stereocenters. The summed E-state index contributed by atoms with van der Waals surface area (Å²) in [6.45, 7) is 0. The molecule has 0 radical (unpaired) electrons. The first-order valence-corrected chi connectivity index (χ1v) is 4.29. The Morgan fingerprint density at radius 3 is 2.80 bits per heavy atom. The van der Waals surface area contributed by atoms with Crippen molar-refractivity contribution < 1.29 is 14.7 Å². The van der Waals surface area contributed by atoms with Crippen molar-refractivity contribution in [1.82, 2.24) is 4.98 Å². The number of aldehydes is 1. The minimum Gasteiger partial charge on any atom is -0.478 e. The number of benzene rings is 1. The quantitative estimate of drug-likeness (QED) is 0.751. The molecular formula is C11H7NO3. The highest BCUT2D eigenvalue weighted by Crippen LogP contribution is 2.17. The number of aromatic nitrogens is 1. The highest BCUT2D eigenvalue weighted by atomic mass is 16.4. The van der Waals surface area contributed by atoms with E-state index in [2.05, 4.69) is 4.98 Å². The maximum absolute atomic E-state index is 10.7. The Labute approximate surface area is 85.2 Å². The van der Waals surface area contributed by atoms with E-state index in [4.69, 9.17) is 5.11 Å². The Hall–Kier alpha value is -2.23. The first-order chi connectivity index (χ1) is 7.22. The van der Waals surface area contributed by atoms with Crippen molar-refractivity contribution in [3.05, 3.63) is 41.6 Å². The summed E-state index contributed by atoms with van der Waals surface area (Å²) in [7, 11) is 0. The maximum Gasteiger partial charge on any atom is 0.335 e. The van der Waals surface area contributed by atoms with Gasteiger partial charge in [0.25, 0.3) is 0 Å². The predicted molar refractivity (Wildman–Crippen MR) is 54.1 cm³/mol. The molecule has 2 aromatic rings. The first-order valence-electron chi connectivity index (χ1n) is 4.29. The van der Waals surface area contributed by atoms with E-state index in [9.17, 15) is 9.59 Å². The first kappa shape index (κ1) is 9.33. The Kier molecular flexibility index (Phi) is 2.17. The minimum absolute atomic E-state index is 0.151.